The van der Waals surface area contributed by atoms with E-state index in [0.717, 1.165) is 29.4 Å². The first-order chi connectivity index (χ1) is 15.0. The number of Topliss-reactive ketones (excluding diaryl/α,β-unsaturated/α-hetero) is 1. The Morgan fingerprint density at radius 1 is 1.13 bits per heavy atom. The molecule has 8 heteroatoms. The van der Waals surface area contributed by atoms with E-state index in [0.29, 0.717) is 22.3 Å². The Morgan fingerprint density at radius 2 is 1.90 bits per heavy atom. The second-order valence-electron chi connectivity index (χ2n) is 7.57. The molecule has 4 rings (SSSR count). The van der Waals surface area contributed by atoms with Crippen LogP contribution in [0.4, 0.5) is 5.69 Å². The van der Waals surface area contributed by atoms with Crippen LogP contribution in [-0.4, -0.2) is 32.2 Å². The first-order valence-electron chi connectivity index (χ1n) is 10.3. The van der Waals surface area contributed by atoms with E-state index in [4.69, 9.17) is 11.6 Å². The first-order valence-corrected chi connectivity index (χ1v) is 11.6. The second-order valence-corrected chi connectivity index (χ2v) is 8.92. The fourth-order valence-electron chi connectivity index (χ4n) is 3.84. The van der Waals surface area contributed by atoms with Crippen LogP contribution in [0.3, 0.4) is 0 Å². The molecule has 0 aliphatic heterocycles. The van der Waals surface area contributed by atoms with Crippen LogP contribution in [0.2, 0.25) is 5.02 Å². The Morgan fingerprint density at radius 3 is 2.65 bits per heavy atom. The molecule has 160 valence electrons. The molecule has 1 aliphatic carbocycles. The largest absolute Gasteiger partial charge is 0.325 e. The molecule has 3 aromatic rings. The Labute approximate surface area is 190 Å². The second kappa shape index (κ2) is 9.66. The summed E-state index contributed by atoms with van der Waals surface area (Å²) in [5.41, 5.74) is 2.02. The third kappa shape index (κ3) is 4.99. The lowest BCUT2D eigenvalue weighted by Gasteiger charge is -2.17. The molecule has 1 heterocycles. The van der Waals surface area contributed by atoms with Crippen LogP contribution in [0.5, 0.6) is 0 Å². The highest BCUT2D eigenvalue weighted by Crippen LogP contribution is 2.38. The van der Waals surface area contributed by atoms with Crippen molar-refractivity contribution in [1.82, 2.24) is 14.8 Å². The van der Waals surface area contributed by atoms with Crippen LogP contribution in [0.15, 0.2) is 53.7 Å². The van der Waals surface area contributed by atoms with Gasteiger partial charge >= 0.3 is 0 Å². The van der Waals surface area contributed by atoms with Crippen molar-refractivity contribution >= 4 is 40.7 Å². The predicted molar refractivity (Wildman–Crippen MR) is 124 cm³/mol. The number of carbonyl (C=O) groups excluding carboxylic acids is 2. The zero-order valence-electron chi connectivity index (χ0n) is 17.2. The molecule has 1 amide bonds. The van der Waals surface area contributed by atoms with Crippen molar-refractivity contribution in [3.05, 3.63) is 59.1 Å². The Balaban J connectivity index is 1.52. The number of rotatable bonds is 7. The fraction of sp³-hybridized carbons (Fsp3) is 0.304. The highest BCUT2D eigenvalue weighted by atomic mass is 35.5. The van der Waals surface area contributed by atoms with E-state index in [1.54, 1.807) is 24.3 Å². The van der Waals surface area contributed by atoms with Gasteiger partial charge in [-0.3, -0.25) is 14.2 Å². The molecule has 1 aliphatic rings. The van der Waals surface area contributed by atoms with E-state index >= 15 is 0 Å². The highest BCUT2D eigenvalue weighted by molar-refractivity contribution is 7.99. The van der Waals surface area contributed by atoms with E-state index in [2.05, 4.69) is 20.1 Å². The van der Waals surface area contributed by atoms with Crippen molar-refractivity contribution < 1.29 is 9.59 Å². The van der Waals surface area contributed by atoms with E-state index in [1.807, 2.05) is 24.3 Å². The van der Waals surface area contributed by atoms with E-state index in [-0.39, 0.29) is 17.4 Å². The fourth-order valence-corrected chi connectivity index (χ4v) is 4.86. The molecule has 1 fully saturated rings. The summed E-state index contributed by atoms with van der Waals surface area (Å²) < 4.78 is 2.14. The molecule has 2 aromatic carbocycles. The van der Waals surface area contributed by atoms with Crippen LogP contribution in [0.1, 0.15) is 49.0 Å². The molecule has 0 spiro atoms. The number of carbonyl (C=O) groups is 2. The average molecular weight is 455 g/mol. The zero-order chi connectivity index (χ0) is 21.8. The Bertz CT molecular complexity index is 1110. The van der Waals surface area contributed by atoms with Gasteiger partial charge in [-0.05, 0) is 44.0 Å². The van der Waals surface area contributed by atoms with E-state index in [9.17, 15) is 9.59 Å². The minimum atomic E-state index is -0.161. The molecular weight excluding hydrogens is 432 g/mol. The van der Waals surface area contributed by atoms with Gasteiger partial charge in [0, 0.05) is 22.9 Å². The summed E-state index contributed by atoms with van der Waals surface area (Å²) in [5, 5.41) is 13.0. The van der Waals surface area contributed by atoms with Crippen LogP contribution in [0, 0.1) is 0 Å². The van der Waals surface area contributed by atoms with Gasteiger partial charge in [-0.2, -0.15) is 0 Å². The molecule has 1 aromatic heterocycles. The third-order valence-corrected chi connectivity index (χ3v) is 6.63. The third-order valence-electron chi connectivity index (χ3n) is 5.35. The SMILES string of the molecule is CC(=O)c1cccc(NC(=O)CSc2nnc(-c3ccccc3Cl)n2C2CCCC2)c1. The topological polar surface area (TPSA) is 76.9 Å². The van der Waals surface area contributed by atoms with E-state index < -0.39 is 0 Å². The lowest BCUT2D eigenvalue weighted by Crippen LogP contribution is -2.15. The molecule has 0 unspecified atom stereocenters. The molecule has 1 N–H and O–H groups in total. The van der Waals surface area contributed by atoms with Gasteiger partial charge in [-0.1, -0.05) is 60.5 Å². The standard InChI is InChI=1S/C23H23ClN4O2S/c1-15(29)16-7-6-8-17(13-16)25-21(30)14-31-23-27-26-22(19-11-4-5-12-20(19)24)28(23)18-9-2-3-10-18/h4-8,11-13,18H,2-3,9-10,14H2,1H3,(H,25,30). The minimum Gasteiger partial charge on any atom is -0.325 e. The summed E-state index contributed by atoms with van der Waals surface area (Å²) in [6.07, 6.45) is 4.46. The summed E-state index contributed by atoms with van der Waals surface area (Å²) in [4.78, 5) is 24.1. The zero-order valence-corrected chi connectivity index (χ0v) is 18.7. The van der Waals surface area contributed by atoms with Gasteiger partial charge in [0.05, 0.1) is 10.8 Å². The maximum Gasteiger partial charge on any atom is 0.234 e. The molecular formula is C23H23ClN4O2S. The number of halogens is 1. The number of ketones is 1. The lowest BCUT2D eigenvalue weighted by atomic mass is 10.1. The molecule has 1 saturated carbocycles. The van der Waals surface area contributed by atoms with Gasteiger partial charge in [0.2, 0.25) is 5.91 Å². The molecule has 0 saturated heterocycles. The van der Waals surface area contributed by atoms with Crippen LogP contribution in [-0.2, 0) is 4.79 Å². The Hall–Kier alpha value is -2.64. The molecule has 0 radical (unpaired) electrons. The average Bonchev–Trinajstić information content (AvgIpc) is 3.42. The quantitative estimate of drug-likeness (QED) is 0.369. The van der Waals surface area contributed by atoms with Crippen LogP contribution < -0.4 is 5.32 Å². The number of hydrogen-bond acceptors (Lipinski definition) is 5. The van der Waals surface area contributed by atoms with Crippen LogP contribution >= 0.6 is 23.4 Å². The number of thioether (sulfide) groups is 1. The van der Waals surface area contributed by atoms with Crippen molar-refractivity contribution in [2.45, 2.75) is 43.8 Å². The predicted octanol–water partition coefficient (Wildman–Crippen LogP) is 5.65. The summed E-state index contributed by atoms with van der Waals surface area (Å²) in [6.45, 7) is 1.50. The van der Waals surface area contributed by atoms with Crippen molar-refractivity contribution in [1.29, 1.82) is 0 Å². The monoisotopic (exact) mass is 454 g/mol. The summed E-state index contributed by atoms with van der Waals surface area (Å²) >= 11 is 7.78. The number of benzene rings is 2. The normalized spacial score (nSPS) is 14.0. The van der Waals surface area contributed by atoms with Gasteiger partial charge < -0.3 is 5.32 Å². The van der Waals surface area contributed by atoms with Crippen molar-refractivity contribution in [2.75, 3.05) is 11.1 Å². The molecule has 6 nitrogen and oxygen atoms in total. The number of nitrogens with zero attached hydrogens (tertiary/aromatic N) is 3. The summed E-state index contributed by atoms with van der Waals surface area (Å²) in [7, 11) is 0. The summed E-state index contributed by atoms with van der Waals surface area (Å²) in [6, 6.07) is 14.9. The Kier molecular flexibility index (Phi) is 6.73. The molecule has 0 atom stereocenters. The molecule has 31 heavy (non-hydrogen) atoms. The van der Waals surface area contributed by atoms with Gasteiger partial charge in [0.15, 0.2) is 16.8 Å². The van der Waals surface area contributed by atoms with Crippen molar-refractivity contribution in [3.8, 4) is 11.4 Å². The van der Waals surface area contributed by atoms with Crippen molar-refractivity contribution in [2.24, 2.45) is 0 Å². The first kappa shape index (κ1) is 21.6. The number of hydrogen-bond donors (Lipinski definition) is 1. The van der Waals surface area contributed by atoms with Gasteiger partial charge in [-0.15, -0.1) is 10.2 Å². The van der Waals surface area contributed by atoms with Gasteiger partial charge in [0.1, 0.15) is 0 Å². The minimum absolute atomic E-state index is 0.0396. The van der Waals surface area contributed by atoms with Gasteiger partial charge in [-0.25, -0.2) is 0 Å². The number of anilines is 1. The lowest BCUT2D eigenvalue weighted by molar-refractivity contribution is -0.113. The van der Waals surface area contributed by atoms with Crippen LogP contribution in [0.25, 0.3) is 11.4 Å². The maximum atomic E-state index is 12.5. The number of amides is 1. The highest BCUT2D eigenvalue weighted by Gasteiger charge is 2.26. The number of nitrogens with one attached hydrogen (secondary N) is 1. The summed E-state index contributed by atoms with van der Waals surface area (Å²) in [5.74, 6) is 0.736. The maximum absolute atomic E-state index is 12.5. The van der Waals surface area contributed by atoms with E-state index in [1.165, 1.54) is 31.5 Å². The smallest absolute Gasteiger partial charge is 0.234 e. The van der Waals surface area contributed by atoms with Crippen molar-refractivity contribution in [3.63, 3.8) is 0 Å². The van der Waals surface area contributed by atoms with Gasteiger partial charge in [0.25, 0.3) is 0 Å². The number of aromatic nitrogens is 3. The molecule has 0 bridgehead atoms.